The van der Waals surface area contributed by atoms with Gasteiger partial charge in [0.2, 0.25) is 11.9 Å². The molecule has 1 atom stereocenters. The molecule has 3 aromatic rings. The van der Waals surface area contributed by atoms with Gasteiger partial charge in [0.25, 0.3) is 5.91 Å². The van der Waals surface area contributed by atoms with Crippen molar-refractivity contribution in [2.45, 2.75) is 39.8 Å². The van der Waals surface area contributed by atoms with Gasteiger partial charge < -0.3 is 25.8 Å². The number of nitrogens with two attached hydrogens (primary N) is 1. The Kier molecular flexibility index (Phi) is 7.88. The van der Waals surface area contributed by atoms with Crippen LogP contribution in [0.15, 0.2) is 24.3 Å². The van der Waals surface area contributed by atoms with E-state index in [0.29, 0.717) is 38.8 Å². The number of nitrogens with zero attached hydrogens (tertiary/aromatic N) is 3. The van der Waals surface area contributed by atoms with E-state index in [4.69, 9.17) is 33.9 Å². The Hall–Kier alpha value is -2.62. The van der Waals surface area contributed by atoms with Gasteiger partial charge in [-0.05, 0) is 35.9 Å². The number of nitrogens with one attached hydrogen (secondary N) is 2. The number of fused-ring (bicyclic) bond motifs is 1. The lowest BCUT2D eigenvalue weighted by Crippen LogP contribution is -2.34. The van der Waals surface area contributed by atoms with Crippen molar-refractivity contribution >= 4 is 75.1 Å². The van der Waals surface area contributed by atoms with Crippen molar-refractivity contribution in [3.63, 3.8) is 0 Å². The average molecular weight is 564 g/mol. The van der Waals surface area contributed by atoms with Gasteiger partial charge in [0.1, 0.15) is 0 Å². The maximum Gasteiger partial charge on any atom is 0.250 e. The van der Waals surface area contributed by atoms with Crippen molar-refractivity contribution in [3.8, 4) is 0 Å². The van der Waals surface area contributed by atoms with Crippen LogP contribution in [0.5, 0.6) is 0 Å². The van der Waals surface area contributed by atoms with E-state index in [-0.39, 0.29) is 12.5 Å². The van der Waals surface area contributed by atoms with E-state index < -0.39 is 11.3 Å². The third kappa shape index (κ3) is 5.63. The molecule has 1 aliphatic rings. The molecule has 2 heterocycles. The molecule has 0 saturated carbocycles. The lowest BCUT2D eigenvalue weighted by atomic mass is 9.95. The van der Waals surface area contributed by atoms with Crippen molar-refractivity contribution < 1.29 is 9.59 Å². The topological polar surface area (TPSA) is 105 Å². The number of rotatable bonds is 7. The number of primary amides is 1. The number of carbonyl (C=O) groups excluding carboxylic acids is 2. The number of imidazole rings is 1. The summed E-state index contributed by atoms with van der Waals surface area (Å²) in [6.07, 6.45) is 1.05. The van der Waals surface area contributed by atoms with Crippen LogP contribution < -0.4 is 21.3 Å². The summed E-state index contributed by atoms with van der Waals surface area (Å²) in [4.78, 5) is 31.5. The van der Waals surface area contributed by atoms with E-state index in [9.17, 15) is 9.59 Å². The minimum atomic E-state index is -0.514. The second-order valence-corrected chi connectivity index (χ2v) is 12.2. The largest absolute Gasteiger partial charge is 0.370 e. The first-order valence-corrected chi connectivity index (χ1v) is 13.9. The molecule has 0 bridgehead atoms. The molecule has 198 valence electrons. The molecule has 2 amide bonds. The third-order valence-electron chi connectivity index (χ3n) is 6.63. The van der Waals surface area contributed by atoms with E-state index in [2.05, 4.69) is 15.5 Å². The zero-order valence-corrected chi connectivity index (χ0v) is 23.9. The first-order chi connectivity index (χ1) is 17.4. The van der Waals surface area contributed by atoms with Crippen molar-refractivity contribution in [2.24, 2.45) is 18.2 Å². The minimum absolute atomic E-state index is 0.0781. The number of anilines is 3. The summed E-state index contributed by atoms with van der Waals surface area (Å²) < 4.78 is 1.89. The van der Waals surface area contributed by atoms with Crippen LogP contribution in [0.25, 0.3) is 11.0 Å². The summed E-state index contributed by atoms with van der Waals surface area (Å²) in [5, 5.41) is 6.98. The molecule has 8 nitrogen and oxygen atoms in total. The highest BCUT2D eigenvalue weighted by Crippen LogP contribution is 2.37. The molecule has 4 rings (SSSR count). The fourth-order valence-electron chi connectivity index (χ4n) is 4.25. The Labute approximate surface area is 231 Å². The van der Waals surface area contributed by atoms with Gasteiger partial charge in [-0.1, -0.05) is 50.0 Å². The molecule has 0 radical (unpaired) electrons. The number of carbonyl (C=O) groups is 2. The Morgan fingerprint density at radius 3 is 2.62 bits per heavy atom. The number of thioether (sulfide) groups is 1. The van der Waals surface area contributed by atoms with Crippen LogP contribution in [0.1, 0.15) is 43.1 Å². The molecule has 11 heteroatoms. The second kappa shape index (κ2) is 10.6. The Morgan fingerprint density at radius 2 is 2.00 bits per heavy atom. The van der Waals surface area contributed by atoms with Gasteiger partial charge in [-0.2, -0.15) is 11.8 Å². The zero-order valence-electron chi connectivity index (χ0n) is 21.6. The van der Waals surface area contributed by atoms with E-state index in [0.717, 1.165) is 34.7 Å². The molecule has 1 aromatic heterocycles. The van der Waals surface area contributed by atoms with Crippen LogP contribution in [0, 0.1) is 5.41 Å². The van der Waals surface area contributed by atoms with Gasteiger partial charge >= 0.3 is 0 Å². The Morgan fingerprint density at radius 1 is 1.27 bits per heavy atom. The fourth-order valence-corrected chi connectivity index (χ4v) is 6.05. The molecule has 4 N–H and O–H groups in total. The van der Waals surface area contributed by atoms with Crippen molar-refractivity contribution in [2.75, 3.05) is 28.8 Å². The van der Waals surface area contributed by atoms with Crippen molar-refractivity contribution in [3.05, 3.63) is 45.4 Å². The fraction of sp³-hybridized carbons (Fsp3) is 0.423. The molecule has 0 aliphatic carbocycles. The molecule has 1 aliphatic heterocycles. The maximum atomic E-state index is 12.3. The lowest BCUT2D eigenvalue weighted by molar-refractivity contribution is -0.128. The monoisotopic (exact) mass is 562 g/mol. The number of halogens is 2. The third-order valence-corrected chi connectivity index (χ3v) is 8.52. The highest BCUT2D eigenvalue weighted by molar-refractivity contribution is 7.99. The summed E-state index contributed by atoms with van der Waals surface area (Å²) in [7, 11) is 3.88. The van der Waals surface area contributed by atoms with E-state index >= 15 is 0 Å². The average Bonchev–Trinajstić information content (AvgIpc) is 3.47. The van der Waals surface area contributed by atoms with Gasteiger partial charge in [-0.25, -0.2) is 4.98 Å². The van der Waals surface area contributed by atoms with Crippen LogP contribution >= 0.6 is 35.0 Å². The second-order valence-electron chi connectivity index (χ2n) is 10.3. The van der Waals surface area contributed by atoms with Crippen molar-refractivity contribution in [1.82, 2.24) is 14.9 Å². The number of aryl methyl sites for hydroxylation is 1. The summed E-state index contributed by atoms with van der Waals surface area (Å²) in [5.41, 5.74) is 9.13. The lowest BCUT2D eigenvalue weighted by Gasteiger charge is -2.27. The quantitative estimate of drug-likeness (QED) is 0.359. The molecular weight excluding hydrogens is 531 g/mol. The van der Waals surface area contributed by atoms with Crippen LogP contribution in [0.3, 0.4) is 0 Å². The maximum absolute atomic E-state index is 12.3. The van der Waals surface area contributed by atoms with Gasteiger partial charge in [0, 0.05) is 37.8 Å². The highest BCUT2D eigenvalue weighted by atomic mass is 35.5. The van der Waals surface area contributed by atoms with Crippen LogP contribution in [0.2, 0.25) is 10.0 Å². The predicted molar refractivity (Wildman–Crippen MR) is 154 cm³/mol. The number of hydrogen-bond acceptors (Lipinski definition) is 6. The minimum Gasteiger partial charge on any atom is -0.370 e. The van der Waals surface area contributed by atoms with Gasteiger partial charge in [-0.15, -0.1) is 0 Å². The van der Waals surface area contributed by atoms with Gasteiger partial charge in [-0.3, -0.25) is 9.59 Å². The van der Waals surface area contributed by atoms with Gasteiger partial charge in [0.05, 0.1) is 38.0 Å². The smallest absolute Gasteiger partial charge is 0.250 e. The number of amides is 2. The van der Waals surface area contributed by atoms with Gasteiger partial charge in [0.15, 0.2) is 0 Å². The normalized spacial score (nSPS) is 15.7. The zero-order chi connectivity index (χ0) is 27.1. The molecule has 1 unspecified atom stereocenters. The molecule has 1 saturated heterocycles. The number of aromatic nitrogens is 2. The molecule has 37 heavy (non-hydrogen) atoms. The number of hydrogen-bond donors (Lipinski definition) is 3. The van der Waals surface area contributed by atoms with Crippen LogP contribution in [-0.2, 0) is 18.4 Å². The molecule has 1 fully saturated rings. The molecule has 0 spiro atoms. The van der Waals surface area contributed by atoms with Crippen molar-refractivity contribution in [1.29, 1.82) is 0 Å². The summed E-state index contributed by atoms with van der Waals surface area (Å²) in [6.45, 7) is 5.82. The Balaban J connectivity index is 1.68. The molecular formula is C26H32Cl2N6O2S. The summed E-state index contributed by atoms with van der Waals surface area (Å²) in [5.74, 6) is 2.04. The van der Waals surface area contributed by atoms with Crippen LogP contribution in [0.4, 0.5) is 17.3 Å². The summed E-state index contributed by atoms with van der Waals surface area (Å²) >= 11 is 15.1. The standard InChI is InChI=1S/C26H32Cl2N6O2S/c1-26(2,3)24(36)30-12-14-6-7-17(27)22(21(14)28)32-25-31-18-10-16(23(29)35)19(11-20(18)34(25)5)33(4)15-8-9-37-13-15/h6-7,10-11,15H,8-9,12-13H2,1-5H3,(H2,29,35)(H,30,36)(H,31,32). The highest BCUT2D eigenvalue weighted by Gasteiger charge is 2.26. The van der Waals surface area contributed by atoms with E-state index in [1.807, 2.05) is 57.3 Å². The number of benzene rings is 2. The SMILES string of the molecule is CN(c1cc2c(cc1C(N)=O)nc(Nc1c(Cl)ccc(CNC(=O)C(C)(C)C)c1Cl)n2C)C1CCSC1. The van der Waals surface area contributed by atoms with Crippen LogP contribution in [-0.4, -0.2) is 46.0 Å². The first-order valence-electron chi connectivity index (χ1n) is 12.0. The Bertz CT molecular complexity index is 1360. The van der Waals surface area contributed by atoms with E-state index in [1.165, 1.54) is 0 Å². The molecule has 2 aromatic carbocycles. The summed E-state index contributed by atoms with van der Waals surface area (Å²) in [6, 6.07) is 7.55. The first kappa shape index (κ1) is 27.4. The predicted octanol–water partition coefficient (Wildman–Crippen LogP) is 5.33. The van der Waals surface area contributed by atoms with E-state index in [1.54, 1.807) is 18.2 Å².